The summed E-state index contributed by atoms with van der Waals surface area (Å²) < 4.78 is 34.2. The molecule has 0 aliphatic carbocycles. The van der Waals surface area contributed by atoms with Crippen LogP contribution in [-0.4, -0.2) is 32.0 Å². The number of hydrogen-bond donors (Lipinski definition) is 1. The molecule has 0 spiro atoms. The topological polar surface area (TPSA) is 59.1 Å². The van der Waals surface area contributed by atoms with E-state index in [0.29, 0.717) is 18.8 Å². The fourth-order valence-electron chi connectivity index (χ4n) is 1.06. The van der Waals surface area contributed by atoms with E-state index in [1.165, 1.54) is 12.3 Å². The minimum absolute atomic E-state index is 0.120. The Bertz CT molecular complexity index is 420. The van der Waals surface area contributed by atoms with E-state index in [1.54, 1.807) is 12.1 Å². The van der Waals surface area contributed by atoms with Crippen LogP contribution in [0.3, 0.4) is 0 Å². The van der Waals surface area contributed by atoms with E-state index in [4.69, 9.17) is 0 Å². The van der Waals surface area contributed by atoms with Gasteiger partial charge in [-0.25, -0.2) is 13.4 Å². The summed E-state index contributed by atoms with van der Waals surface area (Å²) in [5, 5.41) is 2.84. The van der Waals surface area contributed by atoms with Crippen LogP contribution in [0.1, 0.15) is 6.42 Å². The van der Waals surface area contributed by atoms with E-state index in [2.05, 4.69) is 10.3 Å². The molecule has 4 nitrogen and oxygen atoms in total. The van der Waals surface area contributed by atoms with Crippen LogP contribution in [0.15, 0.2) is 18.2 Å². The van der Waals surface area contributed by atoms with Gasteiger partial charge in [-0.3, -0.25) is 0 Å². The van der Waals surface area contributed by atoms with Crippen LogP contribution in [-0.2, 0) is 9.84 Å². The molecule has 84 valence electrons. The molecule has 1 heterocycles. The molecule has 0 aliphatic heterocycles. The predicted molar refractivity (Wildman–Crippen MR) is 57.0 cm³/mol. The first-order valence-electron chi connectivity index (χ1n) is 4.51. The second-order valence-electron chi connectivity index (χ2n) is 3.26. The highest BCUT2D eigenvalue weighted by Crippen LogP contribution is 2.03. The van der Waals surface area contributed by atoms with Crippen LogP contribution in [0.5, 0.6) is 0 Å². The summed E-state index contributed by atoms with van der Waals surface area (Å²) in [6.07, 6.45) is 1.67. The molecule has 0 saturated heterocycles. The number of sulfone groups is 1. The molecule has 0 atom stereocenters. The summed E-state index contributed by atoms with van der Waals surface area (Å²) in [4.78, 5) is 3.58. The fourth-order valence-corrected chi connectivity index (χ4v) is 1.73. The number of nitrogens with one attached hydrogen (secondary N) is 1. The molecule has 0 aromatic carbocycles. The second-order valence-corrected chi connectivity index (χ2v) is 5.52. The Morgan fingerprint density at radius 1 is 1.47 bits per heavy atom. The molecule has 0 amide bonds. The number of pyridine rings is 1. The largest absolute Gasteiger partial charge is 0.370 e. The number of anilines is 1. The lowest BCUT2D eigenvalue weighted by Crippen LogP contribution is -2.10. The van der Waals surface area contributed by atoms with Crippen molar-refractivity contribution in [1.82, 2.24) is 4.98 Å². The summed E-state index contributed by atoms with van der Waals surface area (Å²) in [7, 11) is -2.92. The highest BCUT2D eigenvalue weighted by atomic mass is 32.2. The van der Waals surface area contributed by atoms with Gasteiger partial charge in [-0.15, -0.1) is 0 Å². The number of nitrogens with zero attached hydrogens (tertiary/aromatic N) is 1. The van der Waals surface area contributed by atoms with E-state index in [1.807, 2.05) is 0 Å². The van der Waals surface area contributed by atoms with Gasteiger partial charge in [-0.05, 0) is 18.6 Å². The lowest BCUT2D eigenvalue weighted by atomic mass is 10.4. The van der Waals surface area contributed by atoms with Gasteiger partial charge < -0.3 is 5.32 Å². The molecule has 0 aliphatic rings. The molecule has 0 saturated carbocycles. The Labute approximate surface area is 88.5 Å². The maximum Gasteiger partial charge on any atom is 0.214 e. The van der Waals surface area contributed by atoms with Gasteiger partial charge in [0, 0.05) is 12.8 Å². The average molecular weight is 232 g/mol. The van der Waals surface area contributed by atoms with Crippen molar-refractivity contribution in [3.63, 3.8) is 0 Å². The summed E-state index contributed by atoms with van der Waals surface area (Å²) in [5.41, 5.74) is 0. The van der Waals surface area contributed by atoms with Gasteiger partial charge in [0.2, 0.25) is 5.95 Å². The number of rotatable bonds is 5. The van der Waals surface area contributed by atoms with Gasteiger partial charge in [0.1, 0.15) is 15.7 Å². The van der Waals surface area contributed by atoms with Crippen molar-refractivity contribution in [2.75, 3.05) is 23.9 Å². The van der Waals surface area contributed by atoms with Crippen LogP contribution in [0.25, 0.3) is 0 Å². The Balaban J connectivity index is 2.32. The van der Waals surface area contributed by atoms with E-state index in [9.17, 15) is 12.8 Å². The first-order chi connectivity index (χ1) is 6.97. The molecule has 1 N–H and O–H groups in total. The molecule has 1 rings (SSSR count). The number of aromatic nitrogens is 1. The maximum absolute atomic E-state index is 12.6. The fraction of sp³-hybridized carbons (Fsp3) is 0.444. The minimum atomic E-state index is -2.92. The summed E-state index contributed by atoms with van der Waals surface area (Å²) in [6, 6.07) is 4.42. The molecule has 0 unspecified atom stereocenters. The molecule has 1 aromatic rings. The Hall–Kier alpha value is -1.17. The lowest BCUT2D eigenvalue weighted by molar-refractivity contribution is 0.584. The van der Waals surface area contributed by atoms with E-state index in [-0.39, 0.29) is 5.75 Å². The third-order valence-corrected chi connectivity index (χ3v) is 2.74. The van der Waals surface area contributed by atoms with Gasteiger partial charge in [0.05, 0.1) is 5.75 Å². The summed E-state index contributed by atoms with van der Waals surface area (Å²) in [5.74, 6) is -0.0124. The van der Waals surface area contributed by atoms with Crippen molar-refractivity contribution in [3.05, 3.63) is 24.1 Å². The SMILES string of the molecule is CS(=O)(=O)CCCNc1cccc(F)n1. The quantitative estimate of drug-likeness (QED) is 0.609. The summed E-state index contributed by atoms with van der Waals surface area (Å²) >= 11 is 0. The van der Waals surface area contributed by atoms with Gasteiger partial charge in [-0.2, -0.15) is 4.39 Å². The first kappa shape index (κ1) is 11.9. The third-order valence-electron chi connectivity index (χ3n) is 1.71. The third kappa shape index (κ3) is 5.31. The van der Waals surface area contributed by atoms with Crippen molar-refractivity contribution in [2.45, 2.75) is 6.42 Å². The van der Waals surface area contributed by atoms with E-state index in [0.717, 1.165) is 0 Å². The monoisotopic (exact) mass is 232 g/mol. The standard InChI is InChI=1S/C9H13FN2O2S/c1-15(13,14)7-3-6-11-9-5-2-4-8(10)12-9/h2,4-5H,3,6-7H2,1H3,(H,11,12). The van der Waals surface area contributed by atoms with Crippen molar-refractivity contribution in [3.8, 4) is 0 Å². The molecular weight excluding hydrogens is 219 g/mol. The van der Waals surface area contributed by atoms with Crippen molar-refractivity contribution >= 4 is 15.7 Å². The molecule has 0 bridgehead atoms. The van der Waals surface area contributed by atoms with Crippen LogP contribution >= 0.6 is 0 Å². The van der Waals surface area contributed by atoms with Crippen LogP contribution in [0.2, 0.25) is 0 Å². The van der Waals surface area contributed by atoms with Crippen LogP contribution in [0.4, 0.5) is 10.2 Å². The lowest BCUT2D eigenvalue weighted by Gasteiger charge is -2.04. The zero-order chi connectivity index (χ0) is 11.3. The van der Waals surface area contributed by atoms with Crippen LogP contribution in [0, 0.1) is 5.95 Å². The van der Waals surface area contributed by atoms with Crippen molar-refractivity contribution < 1.29 is 12.8 Å². The molecular formula is C9H13FN2O2S. The van der Waals surface area contributed by atoms with Crippen molar-refractivity contribution in [2.24, 2.45) is 0 Å². The Morgan fingerprint density at radius 2 is 2.20 bits per heavy atom. The highest BCUT2D eigenvalue weighted by Gasteiger charge is 2.01. The van der Waals surface area contributed by atoms with Gasteiger partial charge in [0.25, 0.3) is 0 Å². The number of hydrogen-bond acceptors (Lipinski definition) is 4. The molecule has 0 radical (unpaired) electrons. The Kier molecular flexibility index (Phi) is 4.02. The van der Waals surface area contributed by atoms with Gasteiger partial charge in [0.15, 0.2) is 0 Å². The van der Waals surface area contributed by atoms with Crippen molar-refractivity contribution in [1.29, 1.82) is 0 Å². The molecule has 6 heteroatoms. The Morgan fingerprint density at radius 3 is 2.80 bits per heavy atom. The smallest absolute Gasteiger partial charge is 0.214 e. The predicted octanol–water partition coefficient (Wildman–Crippen LogP) is 1.07. The first-order valence-corrected chi connectivity index (χ1v) is 6.57. The van der Waals surface area contributed by atoms with E-state index >= 15 is 0 Å². The average Bonchev–Trinajstić information content (AvgIpc) is 2.11. The van der Waals surface area contributed by atoms with Crippen LogP contribution < -0.4 is 5.32 Å². The van der Waals surface area contributed by atoms with E-state index < -0.39 is 15.8 Å². The number of halogens is 1. The second kappa shape index (κ2) is 5.06. The molecule has 1 aromatic heterocycles. The maximum atomic E-state index is 12.6. The van der Waals surface area contributed by atoms with Gasteiger partial charge in [-0.1, -0.05) is 6.07 Å². The molecule has 15 heavy (non-hydrogen) atoms. The highest BCUT2D eigenvalue weighted by molar-refractivity contribution is 7.90. The zero-order valence-corrected chi connectivity index (χ0v) is 9.22. The summed E-state index contributed by atoms with van der Waals surface area (Å²) in [6.45, 7) is 0.462. The molecule has 0 fully saturated rings. The van der Waals surface area contributed by atoms with Gasteiger partial charge >= 0.3 is 0 Å². The zero-order valence-electron chi connectivity index (χ0n) is 8.40. The normalized spacial score (nSPS) is 11.3. The minimum Gasteiger partial charge on any atom is -0.370 e.